The molecule has 0 spiro atoms. The van der Waals surface area contributed by atoms with Crippen LogP contribution in [0.3, 0.4) is 0 Å². The second kappa shape index (κ2) is 7.52. The minimum absolute atomic E-state index is 0.127. The van der Waals surface area contributed by atoms with Crippen molar-refractivity contribution in [2.24, 2.45) is 0 Å². The van der Waals surface area contributed by atoms with Crippen LogP contribution in [0.2, 0.25) is 0 Å². The zero-order valence-corrected chi connectivity index (χ0v) is 13.8. The molecule has 1 fully saturated rings. The lowest BCUT2D eigenvalue weighted by Gasteiger charge is -2.21. The van der Waals surface area contributed by atoms with E-state index in [2.05, 4.69) is 72.8 Å². The summed E-state index contributed by atoms with van der Waals surface area (Å²) in [6.07, 6.45) is -0.127. The molecular formula is C22H18BO2. The summed E-state index contributed by atoms with van der Waals surface area (Å²) in [6.45, 7) is 0.521. The molecule has 1 saturated heterocycles. The second-order valence-electron chi connectivity index (χ2n) is 5.94. The van der Waals surface area contributed by atoms with Gasteiger partial charge in [-0.1, -0.05) is 91.0 Å². The van der Waals surface area contributed by atoms with Crippen LogP contribution in [0.4, 0.5) is 0 Å². The fourth-order valence-corrected chi connectivity index (χ4v) is 3.22. The highest BCUT2D eigenvalue weighted by Crippen LogP contribution is 2.36. The zero-order valence-electron chi connectivity index (χ0n) is 13.8. The molecule has 2 nitrogen and oxygen atoms in total. The van der Waals surface area contributed by atoms with Crippen LogP contribution in [0.5, 0.6) is 0 Å². The fourth-order valence-electron chi connectivity index (χ4n) is 3.22. The Morgan fingerprint density at radius 2 is 1.16 bits per heavy atom. The molecule has 0 N–H and O–H groups in total. The lowest BCUT2D eigenvalue weighted by atomic mass is 9.87. The lowest BCUT2D eigenvalue weighted by molar-refractivity contribution is 0.300. The normalized spacial score (nSPS) is 16.2. The summed E-state index contributed by atoms with van der Waals surface area (Å²) < 4.78 is 11.2. The van der Waals surface area contributed by atoms with Gasteiger partial charge < -0.3 is 9.31 Å². The van der Waals surface area contributed by atoms with E-state index in [4.69, 9.17) is 9.31 Å². The van der Waals surface area contributed by atoms with Crippen LogP contribution in [0.15, 0.2) is 91.0 Å². The second-order valence-corrected chi connectivity index (χ2v) is 5.94. The van der Waals surface area contributed by atoms with E-state index >= 15 is 0 Å². The van der Waals surface area contributed by atoms with E-state index in [1.807, 2.05) is 18.2 Å². The number of hydrogen-bond acceptors (Lipinski definition) is 2. The number of benzene rings is 3. The van der Waals surface area contributed by atoms with Gasteiger partial charge in [0, 0.05) is 0 Å². The third-order valence-electron chi connectivity index (χ3n) is 4.34. The van der Waals surface area contributed by atoms with E-state index < -0.39 is 0 Å². The van der Waals surface area contributed by atoms with Gasteiger partial charge >= 0.3 is 7.69 Å². The van der Waals surface area contributed by atoms with Crippen molar-refractivity contribution in [3.63, 3.8) is 0 Å². The summed E-state index contributed by atoms with van der Waals surface area (Å²) >= 11 is 0. The summed E-state index contributed by atoms with van der Waals surface area (Å²) in [6, 6.07) is 31.3. The van der Waals surface area contributed by atoms with Crippen molar-refractivity contribution >= 4 is 18.8 Å². The summed E-state index contributed by atoms with van der Waals surface area (Å²) in [5.41, 5.74) is 5.81. The molecular weight excluding hydrogens is 307 g/mol. The number of hydrogen-bond donors (Lipinski definition) is 0. The Bertz CT molecular complexity index is 797. The molecule has 1 radical (unpaired) electrons. The first-order valence-corrected chi connectivity index (χ1v) is 8.42. The van der Waals surface area contributed by atoms with E-state index in [9.17, 15) is 0 Å². The molecule has 4 rings (SSSR count). The minimum atomic E-state index is -0.127. The van der Waals surface area contributed by atoms with Crippen LogP contribution in [0.25, 0.3) is 11.1 Å². The maximum Gasteiger partial charge on any atom is 0.488 e. The summed E-state index contributed by atoms with van der Waals surface area (Å²) in [4.78, 5) is 0. The molecule has 0 saturated carbocycles. The Labute approximate surface area is 149 Å². The zero-order chi connectivity index (χ0) is 16.9. The molecule has 0 aromatic heterocycles. The summed E-state index contributed by atoms with van der Waals surface area (Å²) in [5.74, 6) is 0. The van der Waals surface area contributed by atoms with Crippen molar-refractivity contribution in [1.82, 2.24) is 0 Å². The van der Waals surface area contributed by atoms with Crippen molar-refractivity contribution in [2.45, 2.75) is 6.10 Å². The third-order valence-corrected chi connectivity index (χ3v) is 4.34. The first kappa shape index (κ1) is 15.9. The molecule has 1 unspecified atom stereocenters. The fraction of sp³-hybridized carbons (Fsp3) is 0.0909. The van der Waals surface area contributed by atoms with E-state index in [0.29, 0.717) is 6.61 Å². The molecule has 3 aromatic rings. The molecule has 25 heavy (non-hydrogen) atoms. The Hall–Kier alpha value is -2.62. The molecule has 121 valence electrons. The monoisotopic (exact) mass is 325 g/mol. The average molecular weight is 325 g/mol. The minimum Gasteiger partial charge on any atom is -0.410 e. The molecule has 3 heteroatoms. The SMILES string of the molecule is [B]1OCC(C(=C(c2ccccc2)c2ccccc2)c2ccccc2)O1. The van der Waals surface area contributed by atoms with Crippen LogP contribution in [-0.2, 0) is 9.31 Å². The van der Waals surface area contributed by atoms with Crippen LogP contribution < -0.4 is 0 Å². The maximum absolute atomic E-state index is 5.79. The van der Waals surface area contributed by atoms with E-state index in [-0.39, 0.29) is 6.10 Å². The summed E-state index contributed by atoms with van der Waals surface area (Å²) in [5, 5.41) is 0. The van der Waals surface area contributed by atoms with Crippen LogP contribution >= 0.6 is 0 Å². The molecule has 3 aromatic carbocycles. The number of rotatable bonds is 4. The van der Waals surface area contributed by atoms with Crippen molar-refractivity contribution in [3.05, 3.63) is 108 Å². The smallest absolute Gasteiger partial charge is 0.410 e. The van der Waals surface area contributed by atoms with Gasteiger partial charge in [-0.15, -0.1) is 0 Å². The summed E-state index contributed by atoms with van der Waals surface area (Å²) in [7, 11) is 1.45. The molecule has 0 bridgehead atoms. The molecule has 1 atom stereocenters. The van der Waals surface area contributed by atoms with Crippen LogP contribution in [0.1, 0.15) is 16.7 Å². The van der Waals surface area contributed by atoms with Crippen molar-refractivity contribution < 1.29 is 9.31 Å². The van der Waals surface area contributed by atoms with Crippen LogP contribution in [-0.4, -0.2) is 20.4 Å². The van der Waals surface area contributed by atoms with Gasteiger partial charge in [-0.05, 0) is 27.8 Å². The Balaban J connectivity index is 2.00. The molecule has 1 aliphatic heterocycles. The van der Waals surface area contributed by atoms with E-state index in [0.717, 1.165) is 11.1 Å². The predicted molar refractivity (Wildman–Crippen MR) is 102 cm³/mol. The highest BCUT2D eigenvalue weighted by Gasteiger charge is 2.27. The van der Waals surface area contributed by atoms with Crippen molar-refractivity contribution in [2.75, 3.05) is 6.61 Å². The van der Waals surface area contributed by atoms with Gasteiger partial charge in [0.05, 0.1) is 12.7 Å². The first-order valence-electron chi connectivity index (χ1n) is 8.42. The molecule has 1 aliphatic rings. The highest BCUT2D eigenvalue weighted by molar-refractivity contribution is 6.20. The predicted octanol–water partition coefficient (Wildman–Crippen LogP) is 4.60. The van der Waals surface area contributed by atoms with Gasteiger partial charge in [-0.2, -0.15) is 0 Å². The Morgan fingerprint density at radius 3 is 1.60 bits per heavy atom. The lowest BCUT2D eigenvalue weighted by Crippen LogP contribution is -2.15. The average Bonchev–Trinajstić information content (AvgIpc) is 3.22. The van der Waals surface area contributed by atoms with E-state index in [1.54, 1.807) is 0 Å². The van der Waals surface area contributed by atoms with Gasteiger partial charge in [0.25, 0.3) is 0 Å². The van der Waals surface area contributed by atoms with E-state index in [1.165, 1.54) is 24.4 Å². The van der Waals surface area contributed by atoms with Crippen molar-refractivity contribution in [3.8, 4) is 0 Å². The first-order chi connectivity index (χ1) is 12.4. The molecule has 0 amide bonds. The third kappa shape index (κ3) is 3.43. The van der Waals surface area contributed by atoms with Gasteiger partial charge in [-0.3, -0.25) is 0 Å². The van der Waals surface area contributed by atoms with Gasteiger partial charge in [0.2, 0.25) is 0 Å². The maximum atomic E-state index is 5.79. The molecule has 1 heterocycles. The highest BCUT2D eigenvalue weighted by atomic mass is 16.6. The van der Waals surface area contributed by atoms with Gasteiger partial charge in [0.15, 0.2) is 0 Å². The topological polar surface area (TPSA) is 18.5 Å². The quantitative estimate of drug-likeness (QED) is 0.516. The van der Waals surface area contributed by atoms with Crippen LogP contribution in [0, 0.1) is 0 Å². The van der Waals surface area contributed by atoms with Gasteiger partial charge in [0.1, 0.15) is 0 Å². The molecule has 0 aliphatic carbocycles. The standard InChI is InChI=1S/C22H18BO2/c1-4-10-17(11-5-1)21(18-12-6-2-7-13-18)22(20-16-24-23-25-20)19-14-8-3-9-15-19/h1-15,20H,16H2. The van der Waals surface area contributed by atoms with Gasteiger partial charge in [-0.25, -0.2) is 0 Å². The Kier molecular flexibility index (Phi) is 4.78. The Morgan fingerprint density at radius 1 is 0.680 bits per heavy atom. The van der Waals surface area contributed by atoms with Crippen molar-refractivity contribution in [1.29, 1.82) is 0 Å². The largest absolute Gasteiger partial charge is 0.488 e.